The summed E-state index contributed by atoms with van der Waals surface area (Å²) in [5, 5.41) is 39.2. The molecule has 7 nitrogen and oxygen atoms in total. The van der Waals surface area contributed by atoms with Gasteiger partial charge in [-0.3, -0.25) is 4.79 Å². The first-order valence-electron chi connectivity index (χ1n) is 6.85. The third kappa shape index (κ3) is 2.33. The van der Waals surface area contributed by atoms with Crippen molar-refractivity contribution < 1.29 is 29.6 Å². The lowest BCUT2D eigenvalue weighted by Gasteiger charge is -2.39. The number of rotatable bonds is 2. The van der Waals surface area contributed by atoms with Crippen LogP contribution >= 0.6 is 0 Å². The molecule has 1 aliphatic rings. The standard InChI is InChI=1S/C15H16O7/c16-5-10-12(18)13(19)14(20)15(22-10)8-6-21-9-4-2-1-3-7(9)11(8)17/h1-4,6,10,12-16,18-20H,5H2/t10-,12-,13+,14-,15?/m1/s1. The number of hydrogen-bond acceptors (Lipinski definition) is 7. The number of aliphatic hydroxyl groups excluding tert-OH is 4. The number of para-hydroxylation sites is 1. The Balaban J connectivity index is 2.06. The van der Waals surface area contributed by atoms with E-state index in [-0.39, 0.29) is 5.56 Å². The van der Waals surface area contributed by atoms with Crippen LogP contribution in [-0.4, -0.2) is 51.4 Å². The van der Waals surface area contributed by atoms with Crippen molar-refractivity contribution in [3.8, 4) is 0 Å². The van der Waals surface area contributed by atoms with Crippen LogP contribution in [0.15, 0.2) is 39.7 Å². The van der Waals surface area contributed by atoms with E-state index < -0.39 is 42.6 Å². The Bertz CT molecular complexity index is 723. The van der Waals surface area contributed by atoms with Gasteiger partial charge in [-0.15, -0.1) is 0 Å². The lowest BCUT2D eigenvalue weighted by Crippen LogP contribution is -2.55. The van der Waals surface area contributed by atoms with Gasteiger partial charge in [-0.05, 0) is 12.1 Å². The summed E-state index contributed by atoms with van der Waals surface area (Å²) in [6, 6.07) is 6.61. The highest BCUT2D eigenvalue weighted by atomic mass is 16.5. The molecule has 7 heteroatoms. The number of ether oxygens (including phenoxy) is 1. The van der Waals surface area contributed by atoms with E-state index >= 15 is 0 Å². The molecule has 118 valence electrons. The van der Waals surface area contributed by atoms with Crippen molar-refractivity contribution in [3.63, 3.8) is 0 Å². The van der Waals surface area contributed by atoms with E-state index in [1.807, 2.05) is 0 Å². The highest BCUT2D eigenvalue weighted by Gasteiger charge is 2.45. The minimum atomic E-state index is -1.54. The molecule has 2 aromatic rings. The van der Waals surface area contributed by atoms with Gasteiger partial charge < -0.3 is 29.6 Å². The van der Waals surface area contributed by atoms with Gasteiger partial charge in [-0.25, -0.2) is 0 Å². The van der Waals surface area contributed by atoms with Crippen molar-refractivity contribution in [2.75, 3.05) is 6.61 Å². The normalized spacial score (nSPS) is 32.3. The quantitative estimate of drug-likeness (QED) is 0.579. The predicted molar refractivity (Wildman–Crippen MR) is 75.2 cm³/mol. The lowest BCUT2D eigenvalue weighted by molar-refractivity contribution is -0.232. The van der Waals surface area contributed by atoms with Gasteiger partial charge in [0.2, 0.25) is 0 Å². The molecule has 0 radical (unpaired) electrons. The number of benzene rings is 1. The molecule has 2 heterocycles. The van der Waals surface area contributed by atoms with Crippen LogP contribution in [0.1, 0.15) is 11.7 Å². The van der Waals surface area contributed by atoms with E-state index in [9.17, 15) is 25.2 Å². The van der Waals surface area contributed by atoms with Crippen LogP contribution in [0.25, 0.3) is 11.0 Å². The zero-order chi connectivity index (χ0) is 15.9. The van der Waals surface area contributed by atoms with Crippen molar-refractivity contribution >= 4 is 11.0 Å². The minimum Gasteiger partial charge on any atom is -0.464 e. The molecule has 1 aromatic carbocycles. The number of aliphatic hydroxyl groups is 4. The van der Waals surface area contributed by atoms with Crippen LogP contribution in [0.4, 0.5) is 0 Å². The van der Waals surface area contributed by atoms with Crippen LogP contribution in [0, 0.1) is 0 Å². The van der Waals surface area contributed by atoms with Crippen molar-refractivity contribution in [2.45, 2.75) is 30.5 Å². The predicted octanol–water partition coefficient (Wildman–Crippen LogP) is -0.692. The summed E-state index contributed by atoms with van der Waals surface area (Å²) in [5.41, 5.74) is 0.0163. The van der Waals surface area contributed by atoms with Crippen molar-refractivity contribution in [1.29, 1.82) is 0 Å². The summed E-state index contributed by atoms with van der Waals surface area (Å²) in [7, 11) is 0. The van der Waals surface area contributed by atoms with E-state index in [2.05, 4.69) is 0 Å². The fourth-order valence-corrected chi connectivity index (χ4v) is 2.65. The molecule has 0 saturated carbocycles. The first-order chi connectivity index (χ1) is 10.5. The van der Waals surface area contributed by atoms with E-state index in [0.29, 0.717) is 11.0 Å². The monoisotopic (exact) mass is 308 g/mol. The van der Waals surface area contributed by atoms with Crippen LogP contribution < -0.4 is 5.43 Å². The molecule has 3 rings (SSSR count). The second kappa shape index (κ2) is 5.79. The summed E-state index contributed by atoms with van der Waals surface area (Å²) in [5.74, 6) is 0. The summed E-state index contributed by atoms with van der Waals surface area (Å²) < 4.78 is 10.7. The Morgan fingerprint density at radius 2 is 1.77 bits per heavy atom. The molecule has 0 bridgehead atoms. The van der Waals surface area contributed by atoms with Crippen molar-refractivity contribution in [1.82, 2.24) is 0 Å². The lowest BCUT2D eigenvalue weighted by atomic mass is 9.91. The Morgan fingerprint density at radius 3 is 2.50 bits per heavy atom. The molecule has 0 amide bonds. The molecule has 22 heavy (non-hydrogen) atoms. The third-order valence-corrected chi connectivity index (χ3v) is 3.91. The Labute approximate surface area is 125 Å². The zero-order valence-corrected chi connectivity index (χ0v) is 11.5. The second-order valence-electron chi connectivity index (χ2n) is 5.27. The highest BCUT2D eigenvalue weighted by molar-refractivity contribution is 5.76. The van der Waals surface area contributed by atoms with Gasteiger partial charge in [0.15, 0.2) is 5.43 Å². The molecular formula is C15H16O7. The SMILES string of the molecule is O=c1c(C2O[C@H](CO)[C@@H](O)[C@H](O)[C@H]2O)coc2ccccc12. The maximum Gasteiger partial charge on any atom is 0.198 e. The van der Waals surface area contributed by atoms with Gasteiger partial charge in [0.05, 0.1) is 17.6 Å². The van der Waals surface area contributed by atoms with Gasteiger partial charge in [-0.1, -0.05) is 12.1 Å². The molecule has 5 atom stereocenters. The molecule has 1 aromatic heterocycles. The average molecular weight is 308 g/mol. The fourth-order valence-electron chi connectivity index (χ4n) is 2.65. The van der Waals surface area contributed by atoms with E-state index in [4.69, 9.17) is 9.15 Å². The van der Waals surface area contributed by atoms with Crippen LogP contribution in [-0.2, 0) is 4.74 Å². The highest BCUT2D eigenvalue weighted by Crippen LogP contribution is 2.31. The fraction of sp³-hybridized carbons (Fsp3) is 0.400. The largest absolute Gasteiger partial charge is 0.464 e. The van der Waals surface area contributed by atoms with E-state index in [1.54, 1.807) is 24.3 Å². The number of hydrogen-bond donors (Lipinski definition) is 4. The van der Waals surface area contributed by atoms with E-state index in [1.165, 1.54) is 0 Å². The van der Waals surface area contributed by atoms with Gasteiger partial charge in [-0.2, -0.15) is 0 Å². The van der Waals surface area contributed by atoms with Gasteiger partial charge in [0.1, 0.15) is 42.4 Å². The maximum absolute atomic E-state index is 12.5. The molecule has 0 aliphatic carbocycles. The van der Waals surface area contributed by atoms with Crippen LogP contribution in [0.2, 0.25) is 0 Å². The first kappa shape index (κ1) is 15.1. The molecule has 1 unspecified atom stereocenters. The third-order valence-electron chi connectivity index (χ3n) is 3.91. The smallest absolute Gasteiger partial charge is 0.198 e. The van der Waals surface area contributed by atoms with Gasteiger partial charge in [0, 0.05) is 0 Å². The van der Waals surface area contributed by atoms with Crippen LogP contribution in [0.5, 0.6) is 0 Å². The molecule has 1 aliphatic heterocycles. The second-order valence-corrected chi connectivity index (χ2v) is 5.27. The summed E-state index contributed by atoms with van der Waals surface area (Å²) in [4.78, 5) is 12.5. The van der Waals surface area contributed by atoms with Gasteiger partial charge >= 0.3 is 0 Å². The van der Waals surface area contributed by atoms with Crippen molar-refractivity contribution in [2.24, 2.45) is 0 Å². The Kier molecular flexibility index (Phi) is 3.98. The Hall–Kier alpha value is -1.77. The average Bonchev–Trinajstić information content (AvgIpc) is 2.54. The Morgan fingerprint density at radius 1 is 1.05 bits per heavy atom. The van der Waals surface area contributed by atoms with Crippen molar-refractivity contribution in [3.05, 3.63) is 46.3 Å². The summed E-state index contributed by atoms with van der Waals surface area (Å²) in [6.45, 7) is -0.555. The van der Waals surface area contributed by atoms with Crippen LogP contribution in [0.3, 0.4) is 0 Å². The maximum atomic E-state index is 12.5. The molecule has 1 fully saturated rings. The van der Waals surface area contributed by atoms with Gasteiger partial charge in [0.25, 0.3) is 0 Å². The summed E-state index contributed by atoms with van der Waals surface area (Å²) in [6.07, 6.45) is -5.63. The molecular weight excluding hydrogens is 292 g/mol. The molecule has 4 N–H and O–H groups in total. The minimum absolute atomic E-state index is 0.0237. The van der Waals surface area contributed by atoms with E-state index in [0.717, 1.165) is 6.26 Å². The number of fused-ring (bicyclic) bond motifs is 1. The topological polar surface area (TPSA) is 120 Å². The molecule has 1 saturated heterocycles. The molecule has 0 spiro atoms. The summed E-state index contributed by atoms with van der Waals surface area (Å²) >= 11 is 0. The first-order valence-corrected chi connectivity index (χ1v) is 6.85. The zero-order valence-electron chi connectivity index (χ0n) is 11.5.